The lowest BCUT2D eigenvalue weighted by Crippen LogP contribution is -2.38. The standard InChI is InChI=1S/C22H27ClN4O2/c1-24-22(27(2)14-16-6-8-18(23)9-7-16)25-13-17-4-3-5-20(12-17)29-15-21(28)26-19-10-11-19/h3-9,12,19H,10-11,13-15H2,1-2H3,(H,24,25)(H,26,28). The number of carbonyl (C=O) groups excluding carboxylic acids is 1. The Hall–Kier alpha value is -2.73. The Labute approximate surface area is 176 Å². The van der Waals surface area contributed by atoms with Crippen LogP contribution in [0, 0.1) is 0 Å². The number of hydrogen-bond acceptors (Lipinski definition) is 3. The van der Waals surface area contributed by atoms with Crippen molar-refractivity contribution < 1.29 is 9.53 Å². The van der Waals surface area contributed by atoms with E-state index in [2.05, 4.69) is 15.6 Å². The summed E-state index contributed by atoms with van der Waals surface area (Å²) in [5.74, 6) is 1.40. The van der Waals surface area contributed by atoms with Gasteiger partial charge in [-0.05, 0) is 48.2 Å². The highest BCUT2D eigenvalue weighted by atomic mass is 35.5. The lowest BCUT2D eigenvalue weighted by atomic mass is 10.2. The van der Waals surface area contributed by atoms with E-state index >= 15 is 0 Å². The quantitative estimate of drug-likeness (QED) is 0.514. The first kappa shape index (κ1) is 21.0. The van der Waals surface area contributed by atoms with Gasteiger partial charge in [-0.15, -0.1) is 0 Å². The molecule has 0 radical (unpaired) electrons. The van der Waals surface area contributed by atoms with Crippen LogP contribution < -0.4 is 15.4 Å². The second-order valence-corrected chi connectivity index (χ2v) is 7.60. The van der Waals surface area contributed by atoms with Crippen molar-refractivity contribution in [1.82, 2.24) is 15.5 Å². The molecule has 1 fully saturated rings. The zero-order valence-corrected chi connectivity index (χ0v) is 17.6. The summed E-state index contributed by atoms with van der Waals surface area (Å²) in [5.41, 5.74) is 2.20. The van der Waals surface area contributed by atoms with Crippen LogP contribution in [0.1, 0.15) is 24.0 Å². The molecule has 154 valence electrons. The van der Waals surface area contributed by atoms with Gasteiger partial charge in [-0.1, -0.05) is 35.9 Å². The Morgan fingerprint density at radius 3 is 2.66 bits per heavy atom. The normalized spacial score (nSPS) is 13.7. The van der Waals surface area contributed by atoms with E-state index in [0.29, 0.717) is 18.3 Å². The minimum atomic E-state index is -0.0692. The van der Waals surface area contributed by atoms with Gasteiger partial charge >= 0.3 is 0 Å². The largest absolute Gasteiger partial charge is 0.484 e. The van der Waals surface area contributed by atoms with Crippen LogP contribution in [0.2, 0.25) is 5.02 Å². The van der Waals surface area contributed by atoms with Gasteiger partial charge in [-0.25, -0.2) is 0 Å². The summed E-state index contributed by atoms with van der Waals surface area (Å²) in [4.78, 5) is 18.2. The Morgan fingerprint density at radius 2 is 1.97 bits per heavy atom. The lowest BCUT2D eigenvalue weighted by molar-refractivity contribution is -0.123. The van der Waals surface area contributed by atoms with Crippen LogP contribution in [-0.2, 0) is 17.9 Å². The number of aliphatic imine (C=N–C) groups is 1. The zero-order valence-electron chi connectivity index (χ0n) is 16.8. The van der Waals surface area contributed by atoms with Crippen molar-refractivity contribution in [3.05, 3.63) is 64.7 Å². The molecule has 3 rings (SSSR count). The summed E-state index contributed by atoms with van der Waals surface area (Å²) in [7, 11) is 3.75. The molecular weight excluding hydrogens is 388 g/mol. The minimum absolute atomic E-state index is 0.0406. The van der Waals surface area contributed by atoms with Crippen molar-refractivity contribution in [2.75, 3.05) is 20.7 Å². The van der Waals surface area contributed by atoms with Gasteiger partial charge in [0.25, 0.3) is 5.91 Å². The van der Waals surface area contributed by atoms with Gasteiger partial charge in [0.2, 0.25) is 0 Å². The van der Waals surface area contributed by atoms with Gasteiger partial charge in [0.15, 0.2) is 12.6 Å². The molecule has 0 aliphatic heterocycles. The molecule has 0 spiro atoms. The minimum Gasteiger partial charge on any atom is -0.484 e. The molecule has 0 heterocycles. The van der Waals surface area contributed by atoms with Crippen molar-refractivity contribution in [3.8, 4) is 5.75 Å². The smallest absolute Gasteiger partial charge is 0.258 e. The Bertz CT molecular complexity index is 850. The van der Waals surface area contributed by atoms with E-state index in [9.17, 15) is 4.79 Å². The fraction of sp³-hybridized carbons (Fsp3) is 0.364. The van der Waals surface area contributed by atoms with E-state index in [4.69, 9.17) is 16.3 Å². The van der Waals surface area contributed by atoms with Crippen LogP contribution in [-0.4, -0.2) is 43.5 Å². The molecule has 2 N–H and O–H groups in total. The average molecular weight is 415 g/mol. The molecule has 1 aliphatic carbocycles. The first-order valence-electron chi connectivity index (χ1n) is 9.71. The molecule has 2 aromatic carbocycles. The highest BCUT2D eigenvalue weighted by molar-refractivity contribution is 6.30. The van der Waals surface area contributed by atoms with Crippen molar-refractivity contribution in [2.45, 2.75) is 32.0 Å². The van der Waals surface area contributed by atoms with Crippen LogP contribution in [0.4, 0.5) is 0 Å². The van der Waals surface area contributed by atoms with Gasteiger partial charge in [-0.2, -0.15) is 0 Å². The van der Waals surface area contributed by atoms with Gasteiger partial charge in [0.05, 0.1) is 0 Å². The van der Waals surface area contributed by atoms with Gasteiger partial charge in [0, 0.05) is 38.2 Å². The van der Waals surface area contributed by atoms with E-state index in [-0.39, 0.29) is 12.5 Å². The first-order valence-corrected chi connectivity index (χ1v) is 10.1. The molecule has 0 atom stereocenters. The predicted molar refractivity (Wildman–Crippen MR) is 116 cm³/mol. The van der Waals surface area contributed by atoms with Crippen LogP contribution in [0.5, 0.6) is 5.75 Å². The molecule has 2 aromatic rings. The molecule has 0 bridgehead atoms. The molecule has 1 aliphatic rings. The predicted octanol–water partition coefficient (Wildman–Crippen LogP) is 3.20. The molecule has 0 saturated heterocycles. The zero-order chi connectivity index (χ0) is 20.6. The maximum atomic E-state index is 11.8. The SMILES string of the molecule is CN=C(NCc1cccc(OCC(=O)NC2CC2)c1)N(C)Cc1ccc(Cl)cc1. The number of benzene rings is 2. The van der Waals surface area contributed by atoms with E-state index in [1.165, 1.54) is 0 Å². The topological polar surface area (TPSA) is 66.0 Å². The molecule has 0 aromatic heterocycles. The highest BCUT2D eigenvalue weighted by Crippen LogP contribution is 2.18. The number of nitrogens with one attached hydrogen (secondary N) is 2. The summed E-state index contributed by atoms with van der Waals surface area (Å²) in [5, 5.41) is 7.00. The van der Waals surface area contributed by atoms with Crippen molar-refractivity contribution in [1.29, 1.82) is 0 Å². The molecule has 29 heavy (non-hydrogen) atoms. The van der Waals surface area contributed by atoms with Crippen LogP contribution >= 0.6 is 11.6 Å². The summed E-state index contributed by atoms with van der Waals surface area (Å²) >= 11 is 5.95. The lowest BCUT2D eigenvalue weighted by Gasteiger charge is -2.22. The van der Waals surface area contributed by atoms with Crippen molar-refractivity contribution in [2.24, 2.45) is 4.99 Å². The van der Waals surface area contributed by atoms with Crippen LogP contribution in [0.3, 0.4) is 0 Å². The third-order valence-corrected chi connectivity index (χ3v) is 4.82. The molecule has 1 amide bonds. The molecule has 6 nitrogen and oxygen atoms in total. The highest BCUT2D eigenvalue weighted by Gasteiger charge is 2.23. The Morgan fingerprint density at radius 1 is 1.21 bits per heavy atom. The summed E-state index contributed by atoms with van der Waals surface area (Å²) < 4.78 is 5.62. The molecule has 7 heteroatoms. The summed E-state index contributed by atoms with van der Waals surface area (Å²) in [6.45, 7) is 1.36. The number of guanidine groups is 1. The molecule has 1 saturated carbocycles. The number of hydrogen-bond donors (Lipinski definition) is 2. The summed E-state index contributed by atoms with van der Waals surface area (Å²) in [6, 6.07) is 15.9. The van der Waals surface area contributed by atoms with Gasteiger partial charge < -0.3 is 20.3 Å². The van der Waals surface area contributed by atoms with E-state index < -0.39 is 0 Å². The van der Waals surface area contributed by atoms with Gasteiger partial charge in [-0.3, -0.25) is 9.79 Å². The van der Waals surface area contributed by atoms with Crippen molar-refractivity contribution in [3.63, 3.8) is 0 Å². The maximum absolute atomic E-state index is 11.8. The van der Waals surface area contributed by atoms with E-state index in [1.54, 1.807) is 7.05 Å². The fourth-order valence-electron chi connectivity index (χ4n) is 2.90. The van der Waals surface area contributed by atoms with E-state index in [0.717, 1.165) is 41.5 Å². The van der Waals surface area contributed by atoms with Gasteiger partial charge in [0.1, 0.15) is 5.75 Å². The maximum Gasteiger partial charge on any atom is 0.258 e. The number of rotatable bonds is 8. The third-order valence-electron chi connectivity index (χ3n) is 4.57. The van der Waals surface area contributed by atoms with E-state index in [1.807, 2.05) is 60.5 Å². The van der Waals surface area contributed by atoms with Crippen molar-refractivity contribution >= 4 is 23.5 Å². The number of ether oxygens (including phenoxy) is 1. The monoisotopic (exact) mass is 414 g/mol. The second kappa shape index (κ2) is 10.2. The van der Waals surface area contributed by atoms with Crippen LogP contribution in [0.25, 0.3) is 0 Å². The number of halogens is 1. The molecular formula is C22H27ClN4O2. The van der Waals surface area contributed by atoms with Crippen LogP contribution in [0.15, 0.2) is 53.5 Å². The fourth-order valence-corrected chi connectivity index (χ4v) is 3.02. The third kappa shape index (κ3) is 6.98. The average Bonchev–Trinajstić information content (AvgIpc) is 3.53. The number of nitrogens with zero attached hydrogens (tertiary/aromatic N) is 2. The number of amides is 1. The summed E-state index contributed by atoms with van der Waals surface area (Å²) in [6.07, 6.45) is 2.14. The molecule has 0 unspecified atom stereocenters. The first-order chi connectivity index (χ1) is 14.0. The second-order valence-electron chi connectivity index (χ2n) is 7.16. The number of carbonyl (C=O) groups is 1. The Kier molecular flexibility index (Phi) is 7.36. The Balaban J connectivity index is 1.49.